The van der Waals surface area contributed by atoms with Gasteiger partial charge in [-0.2, -0.15) is 0 Å². The first-order chi connectivity index (χ1) is 14.1. The summed E-state index contributed by atoms with van der Waals surface area (Å²) >= 11 is 0. The summed E-state index contributed by atoms with van der Waals surface area (Å²) in [7, 11) is 0. The molecular weight excluding hydrogens is 364 g/mol. The van der Waals surface area contributed by atoms with Gasteiger partial charge in [-0.3, -0.25) is 14.6 Å². The smallest absolute Gasteiger partial charge is 0.264 e. The van der Waals surface area contributed by atoms with E-state index in [9.17, 15) is 14.7 Å². The first-order valence-corrected chi connectivity index (χ1v) is 9.39. The van der Waals surface area contributed by atoms with Crippen LogP contribution in [0.15, 0.2) is 85.1 Å². The number of carbonyl (C=O) groups is 2. The van der Waals surface area contributed by atoms with Crippen LogP contribution in [0.2, 0.25) is 0 Å². The number of rotatable bonds is 6. The Morgan fingerprint density at radius 1 is 1.00 bits per heavy atom. The number of para-hydroxylation sites is 1. The Kier molecular flexibility index (Phi) is 5.06. The van der Waals surface area contributed by atoms with Gasteiger partial charge in [0.2, 0.25) is 0 Å². The molecule has 0 aliphatic carbocycles. The third-order valence-electron chi connectivity index (χ3n) is 5.00. The normalized spacial score (nSPS) is 18.2. The number of amides is 1. The van der Waals surface area contributed by atoms with Crippen molar-refractivity contribution in [3.05, 3.63) is 102 Å². The van der Waals surface area contributed by atoms with Crippen molar-refractivity contribution in [2.45, 2.75) is 12.0 Å². The number of pyridine rings is 1. The lowest BCUT2D eigenvalue weighted by Crippen LogP contribution is -2.42. The van der Waals surface area contributed by atoms with Gasteiger partial charge >= 0.3 is 0 Å². The second kappa shape index (κ2) is 7.81. The van der Waals surface area contributed by atoms with Crippen LogP contribution in [0.4, 0.5) is 5.69 Å². The van der Waals surface area contributed by atoms with Gasteiger partial charge in [0.15, 0.2) is 11.4 Å². The van der Waals surface area contributed by atoms with Gasteiger partial charge in [-0.05, 0) is 23.8 Å². The Hall–Kier alpha value is -3.57. The summed E-state index contributed by atoms with van der Waals surface area (Å²) in [6.45, 7) is 0.296. The zero-order valence-corrected chi connectivity index (χ0v) is 15.7. The molecule has 2 aromatic carbocycles. The topological polar surface area (TPSA) is 70.5 Å². The zero-order valence-electron chi connectivity index (χ0n) is 15.7. The van der Waals surface area contributed by atoms with Crippen molar-refractivity contribution in [1.82, 2.24) is 4.98 Å². The Labute approximate surface area is 169 Å². The molecule has 4 rings (SSSR count). The maximum atomic E-state index is 13.2. The Morgan fingerprint density at radius 3 is 2.48 bits per heavy atom. The van der Waals surface area contributed by atoms with Gasteiger partial charge in [0.1, 0.15) is 5.69 Å². The lowest BCUT2D eigenvalue weighted by Gasteiger charge is -2.22. The molecular formula is C24H20N2O3. The fourth-order valence-corrected chi connectivity index (χ4v) is 3.57. The zero-order chi connectivity index (χ0) is 20.3. The molecule has 1 aromatic heterocycles. The molecule has 1 amide bonds. The highest BCUT2D eigenvalue weighted by Gasteiger charge is 2.50. The molecule has 1 unspecified atom stereocenters. The van der Waals surface area contributed by atoms with Crippen LogP contribution < -0.4 is 4.90 Å². The van der Waals surface area contributed by atoms with E-state index in [4.69, 9.17) is 0 Å². The molecule has 1 N–H and O–H groups in total. The number of nitrogens with zero attached hydrogens (tertiary/aromatic N) is 2. The van der Waals surface area contributed by atoms with E-state index in [0.29, 0.717) is 17.8 Å². The summed E-state index contributed by atoms with van der Waals surface area (Å²) in [4.78, 5) is 31.4. The molecule has 1 aliphatic rings. The van der Waals surface area contributed by atoms with Crippen LogP contribution in [-0.4, -0.2) is 28.3 Å². The Balaban J connectivity index is 1.60. The third kappa shape index (κ3) is 3.60. The highest BCUT2D eigenvalue weighted by molar-refractivity contribution is 6.10. The van der Waals surface area contributed by atoms with Crippen molar-refractivity contribution < 1.29 is 14.7 Å². The molecule has 1 aliphatic heterocycles. The number of carbonyl (C=O) groups excluding carboxylic acids is 2. The molecule has 0 spiro atoms. The van der Waals surface area contributed by atoms with E-state index < -0.39 is 11.5 Å². The molecule has 144 valence electrons. The van der Waals surface area contributed by atoms with E-state index in [-0.39, 0.29) is 17.9 Å². The quantitative estimate of drug-likeness (QED) is 0.659. The molecule has 5 nitrogen and oxygen atoms in total. The number of Topliss-reactive ketones (excluding diaryl/α,β-unsaturated/α-hetero) is 1. The predicted octanol–water partition coefficient (Wildman–Crippen LogP) is 3.60. The summed E-state index contributed by atoms with van der Waals surface area (Å²) in [5.74, 6) is -0.876. The van der Waals surface area contributed by atoms with Gasteiger partial charge in [-0.25, -0.2) is 0 Å². The SMILES string of the molecule is O=C(CC1(O)C(=O)N(C/C=C/c2ccccc2)c2ccccc21)c1ccccn1. The monoisotopic (exact) mass is 384 g/mol. The molecule has 3 aromatic rings. The van der Waals surface area contributed by atoms with Crippen molar-refractivity contribution in [2.75, 3.05) is 11.4 Å². The molecule has 0 fully saturated rings. The first kappa shape index (κ1) is 18.8. The molecule has 0 saturated heterocycles. The van der Waals surface area contributed by atoms with Crippen LogP contribution >= 0.6 is 0 Å². The molecule has 5 heteroatoms. The number of benzene rings is 2. The maximum Gasteiger partial charge on any atom is 0.264 e. The van der Waals surface area contributed by atoms with E-state index in [2.05, 4.69) is 4.98 Å². The van der Waals surface area contributed by atoms with Crippen molar-refractivity contribution in [2.24, 2.45) is 0 Å². The minimum atomic E-state index is -1.90. The molecule has 0 radical (unpaired) electrons. The summed E-state index contributed by atoms with van der Waals surface area (Å²) in [5.41, 5.74) is 0.418. The number of hydrogen-bond donors (Lipinski definition) is 1. The van der Waals surface area contributed by atoms with Gasteiger partial charge in [-0.15, -0.1) is 0 Å². The average molecular weight is 384 g/mol. The second-order valence-electron chi connectivity index (χ2n) is 6.92. The van der Waals surface area contributed by atoms with Crippen LogP contribution in [0, 0.1) is 0 Å². The van der Waals surface area contributed by atoms with E-state index in [1.807, 2.05) is 48.6 Å². The van der Waals surface area contributed by atoms with Gasteiger partial charge in [0, 0.05) is 18.3 Å². The van der Waals surface area contributed by atoms with Crippen LogP contribution in [0.25, 0.3) is 6.08 Å². The highest BCUT2D eigenvalue weighted by Crippen LogP contribution is 2.42. The first-order valence-electron chi connectivity index (χ1n) is 9.39. The number of fused-ring (bicyclic) bond motifs is 1. The Morgan fingerprint density at radius 2 is 1.72 bits per heavy atom. The molecule has 0 bridgehead atoms. The van der Waals surface area contributed by atoms with Gasteiger partial charge < -0.3 is 10.0 Å². The number of anilines is 1. The van der Waals surface area contributed by atoms with Gasteiger partial charge in [-0.1, -0.05) is 66.7 Å². The van der Waals surface area contributed by atoms with Crippen LogP contribution in [-0.2, 0) is 10.4 Å². The molecule has 29 heavy (non-hydrogen) atoms. The van der Waals surface area contributed by atoms with Gasteiger partial charge in [0.05, 0.1) is 12.1 Å². The Bertz CT molecular complexity index is 1060. The van der Waals surface area contributed by atoms with Gasteiger partial charge in [0.25, 0.3) is 5.91 Å². The number of hydrogen-bond acceptors (Lipinski definition) is 4. The van der Waals surface area contributed by atoms with E-state index in [1.54, 1.807) is 36.4 Å². The van der Waals surface area contributed by atoms with E-state index >= 15 is 0 Å². The summed E-state index contributed by atoms with van der Waals surface area (Å²) < 4.78 is 0. The lowest BCUT2D eigenvalue weighted by atomic mass is 9.89. The largest absolute Gasteiger partial charge is 0.375 e. The minimum Gasteiger partial charge on any atom is -0.375 e. The molecule has 0 saturated carbocycles. The predicted molar refractivity (Wildman–Crippen MR) is 111 cm³/mol. The third-order valence-corrected chi connectivity index (χ3v) is 5.00. The van der Waals surface area contributed by atoms with Crippen molar-refractivity contribution in [1.29, 1.82) is 0 Å². The summed E-state index contributed by atoms with van der Waals surface area (Å²) in [5, 5.41) is 11.3. The average Bonchev–Trinajstić information content (AvgIpc) is 2.97. The fraction of sp³-hybridized carbons (Fsp3) is 0.125. The van der Waals surface area contributed by atoms with Crippen molar-refractivity contribution >= 4 is 23.5 Å². The number of ketones is 1. The fourth-order valence-electron chi connectivity index (χ4n) is 3.57. The minimum absolute atomic E-state index is 0.230. The molecule has 2 heterocycles. The standard InChI is InChI=1S/C24H20N2O3/c27-22(20-13-6-7-15-25-20)17-24(29)19-12-4-5-14-21(19)26(23(24)28)16-8-11-18-9-2-1-3-10-18/h1-15,29H,16-17H2/b11-8+. The number of aromatic nitrogens is 1. The van der Waals surface area contributed by atoms with Crippen LogP contribution in [0.1, 0.15) is 28.0 Å². The summed E-state index contributed by atoms with van der Waals surface area (Å²) in [6.07, 6.45) is 4.96. The van der Waals surface area contributed by atoms with E-state index in [1.165, 1.54) is 11.1 Å². The summed E-state index contributed by atoms with van der Waals surface area (Å²) in [6, 6.07) is 21.8. The second-order valence-corrected chi connectivity index (χ2v) is 6.92. The van der Waals surface area contributed by atoms with Crippen molar-refractivity contribution in [3.63, 3.8) is 0 Å². The number of aliphatic hydroxyl groups is 1. The van der Waals surface area contributed by atoms with Crippen LogP contribution in [0.3, 0.4) is 0 Å². The van der Waals surface area contributed by atoms with E-state index in [0.717, 1.165) is 5.56 Å². The van der Waals surface area contributed by atoms with Crippen molar-refractivity contribution in [3.8, 4) is 0 Å². The maximum absolute atomic E-state index is 13.2. The lowest BCUT2D eigenvalue weighted by molar-refractivity contribution is -0.135. The van der Waals surface area contributed by atoms with Crippen LogP contribution in [0.5, 0.6) is 0 Å². The molecule has 1 atom stereocenters. The highest BCUT2D eigenvalue weighted by atomic mass is 16.3.